The molecular weight excluding hydrogens is 206 g/mol. The molecule has 16 heavy (non-hydrogen) atoms. The molecule has 0 aromatic rings. The van der Waals surface area contributed by atoms with E-state index in [0.717, 1.165) is 24.1 Å². The summed E-state index contributed by atoms with van der Waals surface area (Å²) in [5, 5.41) is 3.29. The first-order valence-corrected chi connectivity index (χ1v) is 5.77. The summed E-state index contributed by atoms with van der Waals surface area (Å²) in [4.78, 5) is 22.7. The largest absolute Gasteiger partial charge is 0.460 e. The Bertz CT molecular complexity index is 359. The number of rotatable bonds is 1. The molecule has 1 N–H and O–H groups in total. The van der Waals surface area contributed by atoms with Crippen molar-refractivity contribution in [3.8, 4) is 0 Å². The van der Waals surface area contributed by atoms with Crippen molar-refractivity contribution in [1.29, 1.82) is 0 Å². The molecular formula is C12H17NO3. The van der Waals surface area contributed by atoms with Gasteiger partial charge in [0.05, 0.1) is 6.04 Å². The molecule has 0 spiro atoms. The quantitative estimate of drug-likeness (QED) is 0.681. The third-order valence-corrected chi connectivity index (χ3v) is 3.21. The van der Waals surface area contributed by atoms with Crippen molar-refractivity contribution in [3.05, 3.63) is 11.3 Å². The van der Waals surface area contributed by atoms with E-state index in [0.29, 0.717) is 12.8 Å². The van der Waals surface area contributed by atoms with Crippen LogP contribution in [0, 0.1) is 0 Å². The maximum absolute atomic E-state index is 11.7. The second kappa shape index (κ2) is 4.28. The van der Waals surface area contributed by atoms with E-state index >= 15 is 0 Å². The van der Waals surface area contributed by atoms with Crippen LogP contribution in [0.3, 0.4) is 0 Å². The van der Waals surface area contributed by atoms with Gasteiger partial charge in [-0.2, -0.15) is 0 Å². The smallest absolute Gasteiger partial charge is 0.302 e. The highest BCUT2D eigenvalue weighted by Crippen LogP contribution is 2.29. The number of hydrogen-bond donors (Lipinski definition) is 1. The number of allylic oxidation sites excluding steroid dienone is 1. The zero-order valence-electron chi connectivity index (χ0n) is 9.71. The Morgan fingerprint density at radius 3 is 2.88 bits per heavy atom. The summed E-state index contributed by atoms with van der Waals surface area (Å²) in [5.74, 6) is -0.0799. The maximum atomic E-state index is 11.7. The number of carbonyl (C=O) groups excluding carboxylic acids is 2. The van der Waals surface area contributed by atoms with Gasteiger partial charge >= 0.3 is 5.97 Å². The van der Waals surface area contributed by atoms with E-state index in [9.17, 15) is 9.59 Å². The fourth-order valence-corrected chi connectivity index (χ4v) is 2.39. The van der Waals surface area contributed by atoms with Gasteiger partial charge in [0.1, 0.15) is 6.10 Å². The second-order valence-corrected chi connectivity index (χ2v) is 4.52. The molecule has 88 valence electrons. The van der Waals surface area contributed by atoms with Crippen molar-refractivity contribution in [2.24, 2.45) is 0 Å². The Balaban J connectivity index is 2.16. The lowest BCUT2D eigenvalue weighted by molar-refractivity contribution is -0.148. The summed E-state index contributed by atoms with van der Waals surface area (Å²) in [6, 6.07) is 0.0912. The average Bonchev–Trinajstić information content (AvgIpc) is 2.20. The summed E-state index contributed by atoms with van der Waals surface area (Å²) in [6.07, 6.45) is 2.86. The standard InChI is InChI=1S/C12H17NO3/c1-7-12(16-8(2)14)6-9-10(13-7)4-3-5-11(9)15/h7,12-13H,3-6H2,1-2H3/t7-,12+/m0/s1. The molecule has 0 saturated heterocycles. The monoisotopic (exact) mass is 223 g/mol. The molecule has 4 nitrogen and oxygen atoms in total. The molecule has 0 saturated carbocycles. The van der Waals surface area contributed by atoms with E-state index in [1.165, 1.54) is 6.92 Å². The van der Waals surface area contributed by atoms with Crippen LogP contribution >= 0.6 is 0 Å². The third-order valence-electron chi connectivity index (χ3n) is 3.21. The van der Waals surface area contributed by atoms with Crippen LogP contribution in [0.2, 0.25) is 0 Å². The van der Waals surface area contributed by atoms with Crippen molar-refractivity contribution in [1.82, 2.24) is 5.32 Å². The highest BCUT2D eigenvalue weighted by Gasteiger charge is 2.33. The number of ketones is 1. The van der Waals surface area contributed by atoms with Gasteiger partial charge in [-0.05, 0) is 19.8 Å². The zero-order valence-corrected chi connectivity index (χ0v) is 9.71. The topological polar surface area (TPSA) is 55.4 Å². The molecule has 0 radical (unpaired) electrons. The molecule has 1 heterocycles. The number of esters is 1. The summed E-state index contributed by atoms with van der Waals surface area (Å²) in [6.45, 7) is 3.38. The summed E-state index contributed by atoms with van der Waals surface area (Å²) < 4.78 is 5.21. The van der Waals surface area contributed by atoms with Gasteiger partial charge in [0.2, 0.25) is 0 Å². The molecule has 1 aliphatic heterocycles. The van der Waals surface area contributed by atoms with Crippen LogP contribution in [0.1, 0.15) is 39.5 Å². The van der Waals surface area contributed by atoms with E-state index in [1.807, 2.05) is 6.92 Å². The Morgan fingerprint density at radius 1 is 1.44 bits per heavy atom. The summed E-state index contributed by atoms with van der Waals surface area (Å²) in [7, 11) is 0. The van der Waals surface area contributed by atoms with E-state index in [2.05, 4.69) is 5.32 Å². The van der Waals surface area contributed by atoms with Gasteiger partial charge in [0.25, 0.3) is 0 Å². The Labute approximate surface area is 95.0 Å². The average molecular weight is 223 g/mol. The fraction of sp³-hybridized carbons (Fsp3) is 0.667. The fourth-order valence-electron chi connectivity index (χ4n) is 2.39. The van der Waals surface area contributed by atoms with Gasteiger partial charge in [0.15, 0.2) is 5.78 Å². The molecule has 0 amide bonds. The summed E-state index contributed by atoms with van der Waals surface area (Å²) in [5.41, 5.74) is 1.91. The van der Waals surface area contributed by atoms with Crippen LogP contribution < -0.4 is 5.32 Å². The van der Waals surface area contributed by atoms with E-state index in [1.54, 1.807) is 0 Å². The van der Waals surface area contributed by atoms with Crippen LogP contribution in [-0.2, 0) is 14.3 Å². The first-order valence-electron chi connectivity index (χ1n) is 5.77. The van der Waals surface area contributed by atoms with Gasteiger partial charge in [0, 0.05) is 31.0 Å². The minimum Gasteiger partial charge on any atom is -0.460 e. The number of Topliss-reactive ketones (excluding diaryl/α,β-unsaturated/α-hetero) is 1. The van der Waals surface area contributed by atoms with Crippen molar-refractivity contribution in [2.75, 3.05) is 0 Å². The van der Waals surface area contributed by atoms with Gasteiger partial charge in [-0.1, -0.05) is 0 Å². The predicted molar refractivity (Wildman–Crippen MR) is 58.7 cm³/mol. The third kappa shape index (κ3) is 2.10. The summed E-state index contributed by atoms with van der Waals surface area (Å²) >= 11 is 0. The molecule has 2 atom stereocenters. The highest BCUT2D eigenvalue weighted by atomic mass is 16.5. The number of nitrogens with one attached hydrogen (secondary N) is 1. The first kappa shape index (κ1) is 11.2. The van der Waals surface area contributed by atoms with E-state index < -0.39 is 0 Å². The molecule has 0 unspecified atom stereocenters. The molecule has 2 rings (SSSR count). The first-order chi connectivity index (χ1) is 7.58. The second-order valence-electron chi connectivity index (χ2n) is 4.52. The van der Waals surface area contributed by atoms with Crippen LogP contribution in [0.15, 0.2) is 11.3 Å². The van der Waals surface area contributed by atoms with Gasteiger partial charge in [-0.25, -0.2) is 0 Å². The molecule has 0 aromatic heterocycles. The van der Waals surface area contributed by atoms with Crippen molar-refractivity contribution >= 4 is 11.8 Å². The predicted octanol–water partition coefficient (Wildman–Crippen LogP) is 1.31. The lowest BCUT2D eigenvalue weighted by atomic mass is 9.86. The van der Waals surface area contributed by atoms with Crippen molar-refractivity contribution in [3.63, 3.8) is 0 Å². The van der Waals surface area contributed by atoms with Crippen LogP contribution in [0.5, 0.6) is 0 Å². The lowest BCUT2D eigenvalue weighted by Gasteiger charge is -2.35. The molecule has 1 aliphatic carbocycles. The molecule has 0 bridgehead atoms. The molecule has 4 heteroatoms. The SMILES string of the molecule is CC(=O)O[C@@H]1CC2=C(CCCC2=O)N[C@H]1C. The Morgan fingerprint density at radius 2 is 2.19 bits per heavy atom. The minimum absolute atomic E-state index is 0.0912. The lowest BCUT2D eigenvalue weighted by Crippen LogP contribution is -2.45. The number of carbonyl (C=O) groups is 2. The zero-order chi connectivity index (χ0) is 11.7. The van der Waals surface area contributed by atoms with Crippen molar-refractivity contribution in [2.45, 2.75) is 51.7 Å². The molecule has 0 aromatic carbocycles. The highest BCUT2D eigenvalue weighted by molar-refractivity contribution is 5.97. The maximum Gasteiger partial charge on any atom is 0.302 e. The molecule has 2 aliphatic rings. The van der Waals surface area contributed by atoms with Gasteiger partial charge in [-0.15, -0.1) is 0 Å². The number of ether oxygens (including phenoxy) is 1. The van der Waals surface area contributed by atoms with E-state index in [4.69, 9.17) is 4.74 Å². The normalized spacial score (nSPS) is 29.5. The van der Waals surface area contributed by atoms with Gasteiger partial charge in [-0.3, -0.25) is 9.59 Å². The van der Waals surface area contributed by atoms with Crippen LogP contribution in [0.4, 0.5) is 0 Å². The van der Waals surface area contributed by atoms with E-state index in [-0.39, 0.29) is 23.9 Å². The molecule has 0 fully saturated rings. The number of hydrogen-bond acceptors (Lipinski definition) is 4. The minimum atomic E-state index is -0.286. The van der Waals surface area contributed by atoms with Crippen LogP contribution in [-0.4, -0.2) is 23.9 Å². The van der Waals surface area contributed by atoms with Gasteiger partial charge < -0.3 is 10.1 Å². The van der Waals surface area contributed by atoms with Crippen LogP contribution in [0.25, 0.3) is 0 Å². The van der Waals surface area contributed by atoms with Crippen molar-refractivity contribution < 1.29 is 14.3 Å². The Kier molecular flexibility index (Phi) is 2.99. The Hall–Kier alpha value is -1.32.